The Morgan fingerprint density at radius 3 is 2.20 bits per heavy atom. The van der Waals surface area contributed by atoms with E-state index in [9.17, 15) is 9.59 Å². The highest BCUT2D eigenvalue weighted by atomic mass is 16.6. The quantitative estimate of drug-likeness (QED) is 0.272. The Hall–Kier alpha value is -3.51. The van der Waals surface area contributed by atoms with Crippen LogP contribution in [0.15, 0.2) is 65.8 Å². The fraction of sp³-hybridized carbons (Fsp3) is 0.364. The van der Waals surface area contributed by atoms with E-state index in [1.54, 1.807) is 0 Å². The molecule has 0 spiro atoms. The molecule has 0 saturated heterocycles. The zero-order chi connectivity index (χ0) is 21.2. The number of hydrogen-bond donors (Lipinski definition) is 1. The van der Waals surface area contributed by atoms with E-state index in [-0.39, 0.29) is 25.0 Å². The van der Waals surface area contributed by atoms with Gasteiger partial charge in [0.15, 0.2) is 0 Å². The molecule has 0 aliphatic heterocycles. The third-order valence-corrected chi connectivity index (χ3v) is 5.00. The van der Waals surface area contributed by atoms with Crippen molar-refractivity contribution in [2.24, 2.45) is 17.0 Å². The Balaban J connectivity index is 1.54. The van der Waals surface area contributed by atoms with Gasteiger partial charge in [-0.25, -0.2) is 9.59 Å². The number of nitrogens with zero attached hydrogens (tertiary/aromatic N) is 3. The number of benzene rings is 2. The van der Waals surface area contributed by atoms with Crippen LogP contribution in [0.2, 0.25) is 0 Å². The monoisotopic (exact) mass is 408 g/mol. The number of amides is 1. The minimum Gasteiger partial charge on any atom is -0.459 e. The van der Waals surface area contributed by atoms with E-state index in [1.165, 1.54) is 0 Å². The Morgan fingerprint density at radius 1 is 1.00 bits per heavy atom. The minimum atomic E-state index is -0.821. The van der Waals surface area contributed by atoms with Crippen LogP contribution in [0.4, 0.5) is 4.79 Å². The molecule has 0 bridgehead atoms. The number of carbonyl (C=O) groups excluding carboxylic acids is 2. The summed E-state index contributed by atoms with van der Waals surface area (Å²) in [6.45, 7) is 0.635. The molecule has 0 heterocycles. The van der Waals surface area contributed by atoms with Crippen LogP contribution >= 0.6 is 0 Å². The predicted molar refractivity (Wildman–Crippen MR) is 110 cm³/mol. The summed E-state index contributed by atoms with van der Waals surface area (Å²) in [6, 6.07) is 17.8. The topological polar surface area (TPSA) is 113 Å². The maximum atomic E-state index is 12.6. The van der Waals surface area contributed by atoms with E-state index < -0.39 is 18.1 Å². The first-order chi connectivity index (χ1) is 14.7. The van der Waals surface area contributed by atoms with Crippen molar-refractivity contribution in [3.8, 4) is 0 Å². The van der Waals surface area contributed by atoms with Crippen molar-refractivity contribution in [1.82, 2.24) is 5.32 Å². The Kier molecular flexibility index (Phi) is 7.69. The van der Waals surface area contributed by atoms with E-state index in [0.717, 1.165) is 17.5 Å². The van der Waals surface area contributed by atoms with E-state index in [4.69, 9.17) is 15.0 Å². The van der Waals surface area contributed by atoms with Gasteiger partial charge in [-0.3, -0.25) is 0 Å². The lowest BCUT2D eigenvalue weighted by Crippen LogP contribution is -2.42. The Bertz CT molecular complexity index is 885. The molecule has 2 aromatic rings. The van der Waals surface area contributed by atoms with Gasteiger partial charge in [0.25, 0.3) is 0 Å². The van der Waals surface area contributed by atoms with Crippen LogP contribution in [0.5, 0.6) is 0 Å². The first-order valence-electron chi connectivity index (χ1n) is 9.84. The molecule has 156 valence electrons. The third kappa shape index (κ3) is 6.83. The Labute approximate surface area is 174 Å². The van der Waals surface area contributed by atoms with Gasteiger partial charge >= 0.3 is 12.1 Å². The van der Waals surface area contributed by atoms with Gasteiger partial charge in [-0.2, -0.15) is 0 Å². The number of rotatable bonds is 10. The average Bonchev–Trinajstić information content (AvgIpc) is 3.53. The molecule has 3 rings (SSSR count). The number of esters is 1. The smallest absolute Gasteiger partial charge is 0.408 e. The van der Waals surface area contributed by atoms with Crippen molar-refractivity contribution in [1.29, 1.82) is 0 Å². The summed E-state index contributed by atoms with van der Waals surface area (Å²) in [7, 11) is 0. The van der Waals surface area contributed by atoms with Crippen molar-refractivity contribution < 1.29 is 19.1 Å². The second kappa shape index (κ2) is 10.9. The third-order valence-electron chi connectivity index (χ3n) is 5.00. The van der Waals surface area contributed by atoms with Crippen LogP contribution in [0.25, 0.3) is 10.4 Å². The molecular weight excluding hydrogens is 384 g/mol. The fourth-order valence-electron chi connectivity index (χ4n) is 3.22. The minimum absolute atomic E-state index is 0.112. The molecule has 1 aliphatic carbocycles. The molecule has 1 aliphatic rings. The molecule has 1 saturated carbocycles. The van der Waals surface area contributed by atoms with Crippen molar-refractivity contribution in [2.75, 3.05) is 6.54 Å². The molecule has 1 fully saturated rings. The van der Waals surface area contributed by atoms with E-state index in [0.29, 0.717) is 13.0 Å². The highest BCUT2D eigenvalue weighted by molar-refractivity contribution is 5.81. The van der Waals surface area contributed by atoms with Gasteiger partial charge in [-0.15, -0.1) is 0 Å². The number of azide groups is 1. The van der Waals surface area contributed by atoms with Crippen LogP contribution in [0, 0.1) is 11.8 Å². The van der Waals surface area contributed by atoms with Gasteiger partial charge in [0.05, 0.1) is 0 Å². The molecule has 3 atom stereocenters. The average molecular weight is 408 g/mol. The summed E-state index contributed by atoms with van der Waals surface area (Å²) in [4.78, 5) is 27.7. The second-order valence-electron chi connectivity index (χ2n) is 7.26. The maximum absolute atomic E-state index is 12.6. The number of hydrogen-bond acceptors (Lipinski definition) is 5. The molecule has 0 radical (unpaired) electrons. The first kappa shape index (κ1) is 21.2. The number of nitrogens with one attached hydrogen (secondary N) is 1. The predicted octanol–water partition coefficient (Wildman–Crippen LogP) is 4.36. The summed E-state index contributed by atoms with van der Waals surface area (Å²) in [6.07, 6.45) is 0.592. The molecule has 1 N–H and O–H groups in total. The van der Waals surface area contributed by atoms with E-state index in [2.05, 4.69) is 15.3 Å². The van der Waals surface area contributed by atoms with Crippen molar-refractivity contribution in [2.45, 2.75) is 32.1 Å². The standard InChI is InChI=1S/C22H24N4O4/c23-26-24-13-19-11-18(19)12-20(21(27)29-14-16-7-3-1-4-8-16)25-22(28)30-15-17-9-5-2-6-10-17/h1-10,18-20H,11-15H2,(H,25,28)/t18-,19-,20+/m1/s1. The highest BCUT2D eigenvalue weighted by Crippen LogP contribution is 2.42. The molecule has 1 amide bonds. The molecule has 0 aromatic heterocycles. The number of carbonyl (C=O) groups is 2. The normalized spacial score (nSPS) is 17.9. The van der Waals surface area contributed by atoms with Crippen LogP contribution in [0.1, 0.15) is 24.0 Å². The van der Waals surface area contributed by atoms with E-state index in [1.807, 2.05) is 60.7 Å². The summed E-state index contributed by atoms with van der Waals surface area (Å²) >= 11 is 0. The summed E-state index contributed by atoms with van der Waals surface area (Å²) in [5, 5.41) is 6.22. The van der Waals surface area contributed by atoms with Gasteiger partial charge in [0.2, 0.25) is 0 Å². The van der Waals surface area contributed by atoms with Gasteiger partial charge < -0.3 is 14.8 Å². The van der Waals surface area contributed by atoms with E-state index >= 15 is 0 Å². The molecule has 8 heteroatoms. The zero-order valence-corrected chi connectivity index (χ0v) is 16.5. The second-order valence-corrected chi connectivity index (χ2v) is 7.26. The van der Waals surface area contributed by atoms with Crippen LogP contribution in [-0.2, 0) is 27.5 Å². The first-order valence-corrected chi connectivity index (χ1v) is 9.84. The fourth-order valence-corrected chi connectivity index (χ4v) is 3.22. The van der Waals surface area contributed by atoms with Crippen LogP contribution < -0.4 is 5.32 Å². The highest BCUT2D eigenvalue weighted by Gasteiger charge is 2.40. The molecule has 8 nitrogen and oxygen atoms in total. The van der Waals surface area contributed by atoms with Gasteiger partial charge in [-0.1, -0.05) is 65.8 Å². The number of alkyl carbamates (subject to hydrolysis) is 1. The SMILES string of the molecule is [N-]=[N+]=NC[C@H]1C[C@@H]1C[C@H](NC(=O)OCc1ccccc1)C(=O)OCc1ccccc1. The molecular formula is C22H24N4O4. The Morgan fingerprint density at radius 2 is 1.60 bits per heavy atom. The molecule has 30 heavy (non-hydrogen) atoms. The summed E-state index contributed by atoms with van der Waals surface area (Å²) < 4.78 is 10.6. The van der Waals surface area contributed by atoms with Crippen molar-refractivity contribution in [3.05, 3.63) is 82.2 Å². The van der Waals surface area contributed by atoms with Crippen molar-refractivity contribution >= 4 is 12.1 Å². The zero-order valence-electron chi connectivity index (χ0n) is 16.5. The lowest BCUT2D eigenvalue weighted by molar-refractivity contribution is -0.147. The van der Waals surface area contributed by atoms with Gasteiger partial charge in [-0.05, 0) is 41.3 Å². The lowest BCUT2D eigenvalue weighted by atomic mass is 10.1. The van der Waals surface area contributed by atoms with Gasteiger partial charge in [0.1, 0.15) is 19.3 Å². The molecule has 0 unspecified atom stereocenters. The summed E-state index contributed by atoms with van der Waals surface area (Å²) in [5.74, 6) is -0.0865. The summed E-state index contributed by atoms with van der Waals surface area (Å²) in [5.41, 5.74) is 10.2. The van der Waals surface area contributed by atoms with Crippen LogP contribution in [0.3, 0.4) is 0 Å². The largest absolute Gasteiger partial charge is 0.459 e. The maximum Gasteiger partial charge on any atom is 0.408 e. The van der Waals surface area contributed by atoms with Crippen LogP contribution in [-0.4, -0.2) is 24.6 Å². The number of ether oxygens (including phenoxy) is 2. The lowest BCUT2D eigenvalue weighted by Gasteiger charge is -2.18. The molecule has 2 aromatic carbocycles. The van der Waals surface area contributed by atoms with Gasteiger partial charge in [0, 0.05) is 11.5 Å². The van der Waals surface area contributed by atoms with Crippen molar-refractivity contribution in [3.63, 3.8) is 0 Å².